The normalized spacial score (nSPS) is 20.2. The lowest BCUT2D eigenvalue weighted by Crippen LogP contribution is -2.29. The standard InChI is InChI=1S/C20H21N7O/c1-22-18-15-9-23-16(20(4-5-20)19(21)28)7-13(15)14(8-24-18)11-2-3-12(6-11)17-25-10-26-27-17/h2,7-10,12H,3-6H2,1H3,(H2,21,28)(H,22,24)(H,25,26,27). The van der Waals surface area contributed by atoms with Gasteiger partial charge < -0.3 is 11.1 Å². The van der Waals surface area contributed by atoms with Crippen molar-refractivity contribution in [2.75, 3.05) is 12.4 Å². The summed E-state index contributed by atoms with van der Waals surface area (Å²) in [6.45, 7) is 0. The molecule has 3 aromatic rings. The van der Waals surface area contributed by atoms with Crippen LogP contribution in [0.15, 0.2) is 30.9 Å². The summed E-state index contributed by atoms with van der Waals surface area (Å²) in [5.41, 5.74) is 8.11. The van der Waals surface area contributed by atoms with E-state index in [1.807, 2.05) is 19.3 Å². The van der Waals surface area contributed by atoms with Crippen molar-refractivity contribution in [2.24, 2.45) is 5.73 Å². The van der Waals surface area contributed by atoms with E-state index in [2.05, 4.69) is 36.5 Å². The first kappa shape index (κ1) is 16.9. The fourth-order valence-corrected chi connectivity index (χ4v) is 4.16. The number of H-pyrrole nitrogens is 1. The van der Waals surface area contributed by atoms with Gasteiger partial charge in [0, 0.05) is 36.3 Å². The number of carbonyl (C=O) groups excluding carboxylic acids is 1. The van der Waals surface area contributed by atoms with Crippen LogP contribution in [0.5, 0.6) is 0 Å². The van der Waals surface area contributed by atoms with Crippen LogP contribution in [-0.2, 0) is 10.2 Å². The minimum atomic E-state index is -0.610. The lowest BCUT2D eigenvalue weighted by Gasteiger charge is -2.15. The average Bonchev–Trinajstić information content (AvgIpc) is 3.12. The Labute approximate surface area is 161 Å². The SMILES string of the molecule is CNc1ncc(C2=CCC(c3ncn[nH]3)C2)c2cc(C3(C(N)=O)CC3)ncc12. The molecule has 2 aliphatic carbocycles. The van der Waals surface area contributed by atoms with Crippen molar-refractivity contribution in [3.63, 3.8) is 0 Å². The van der Waals surface area contributed by atoms with Gasteiger partial charge in [-0.2, -0.15) is 5.10 Å². The second kappa shape index (κ2) is 6.12. The van der Waals surface area contributed by atoms with Gasteiger partial charge in [-0.25, -0.2) is 9.97 Å². The minimum absolute atomic E-state index is 0.290. The third-order valence-electron chi connectivity index (χ3n) is 6.00. The maximum atomic E-state index is 12.0. The van der Waals surface area contributed by atoms with Crippen LogP contribution in [0.2, 0.25) is 0 Å². The first-order valence-electron chi connectivity index (χ1n) is 9.44. The number of nitrogens with two attached hydrogens (primary N) is 1. The molecule has 1 amide bonds. The van der Waals surface area contributed by atoms with Crippen molar-refractivity contribution in [1.29, 1.82) is 0 Å². The van der Waals surface area contributed by atoms with Gasteiger partial charge >= 0.3 is 0 Å². The summed E-state index contributed by atoms with van der Waals surface area (Å²) in [6.07, 6.45) is 10.8. The smallest absolute Gasteiger partial charge is 0.229 e. The molecular formula is C20H21N7O. The van der Waals surface area contributed by atoms with E-state index in [1.54, 1.807) is 12.5 Å². The van der Waals surface area contributed by atoms with Crippen LogP contribution in [0.25, 0.3) is 16.3 Å². The lowest BCUT2D eigenvalue weighted by atomic mass is 9.94. The Morgan fingerprint density at radius 2 is 2.11 bits per heavy atom. The molecule has 8 nitrogen and oxygen atoms in total. The predicted molar refractivity (Wildman–Crippen MR) is 106 cm³/mol. The number of fused-ring (bicyclic) bond motifs is 1. The zero-order chi connectivity index (χ0) is 19.3. The summed E-state index contributed by atoms with van der Waals surface area (Å²) in [4.78, 5) is 25.4. The van der Waals surface area contributed by atoms with Crippen LogP contribution in [0.4, 0.5) is 5.82 Å². The minimum Gasteiger partial charge on any atom is -0.373 e. The van der Waals surface area contributed by atoms with E-state index in [0.717, 1.165) is 59.4 Å². The Morgan fingerprint density at radius 1 is 1.25 bits per heavy atom. The van der Waals surface area contributed by atoms with Crippen LogP contribution in [0, 0.1) is 0 Å². The highest BCUT2D eigenvalue weighted by atomic mass is 16.1. The van der Waals surface area contributed by atoms with Crippen molar-refractivity contribution in [2.45, 2.75) is 37.0 Å². The molecule has 3 heterocycles. The number of nitrogens with zero attached hydrogens (tertiary/aromatic N) is 4. The third-order valence-corrected chi connectivity index (χ3v) is 6.00. The Morgan fingerprint density at radius 3 is 2.79 bits per heavy atom. The van der Waals surface area contributed by atoms with E-state index < -0.39 is 5.41 Å². The summed E-state index contributed by atoms with van der Waals surface area (Å²) >= 11 is 0. The zero-order valence-electron chi connectivity index (χ0n) is 15.6. The van der Waals surface area contributed by atoms with E-state index in [4.69, 9.17) is 5.73 Å². The Kier molecular flexibility index (Phi) is 3.68. The molecule has 142 valence electrons. The number of hydrogen-bond acceptors (Lipinski definition) is 6. The van der Waals surface area contributed by atoms with E-state index in [9.17, 15) is 4.79 Å². The van der Waals surface area contributed by atoms with Gasteiger partial charge in [-0.15, -0.1) is 0 Å². The monoisotopic (exact) mass is 375 g/mol. The molecule has 8 heteroatoms. The Hall–Kier alpha value is -3.29. The number of allylic oxidation sites excluding steroid dienone is 2. The van der Waals surface area contributed by atoms with E-state index in [1.165, 1.54) is 5.57 Å². The molecule has 1 atom stereocenters. The summed E-state index contributed by atoms with van der Waals surface area (Å²) in [5, 5.41) is 12.1. The number of rotatable bonds is 5. The van der Waals surface area contributed by atoms with Crippen LogP contribution in [-0.4, -0.2) is 38.1 Å². The third kappa shape index (κ3) is 2.48. The van der Waals surface area contributed by atoms with Gasteiger partial charge in [0.15, 0.2) is 0 Å². The molecule has 1 unspecified atom stereocenters. The largest absolute Gasteiger partial charge is 0.373 e. The molecule has 0 aliphatic heterocycles. The molecule has 28 heavy (non-hydrogen) atoms. The molecule has 0 aromatic carbocycles. The summed E-state index contributed by atoms with van der Waals surface area (Å²) < 4.78 is 0. The Bertz CT molecular complexity index is 1100. The van der Waals surface area contributed by atoms with Crippen molar-refractivity contribution in [3.05, 3.63) is 47.9 Å². The van der Waals surface area contributed by atoms with Crippen molar-refractivity contribution in [1.82, 2.24) is 25.1 Å². The van der Waals surface area contributed by atoms with Gasteiger partial charge in [0.2, 0.25) is 5.91 Å². The molecular weight excluding hydrogens is 354 g/mol. The number of amides is 1. The molecule has 2 aliphatic rings. The quantitative estimate of drug-likeness (QED) is 0.629. The summed E-state index contributed by atoms with van der Waals surface area (Å²) in [5.74, 6) is 1.67. The number of hydrogen-bond donors (Lipinski definition) is 3. The summed E-state index contributed by atoms with van der Waals surface area (Å²) in [6, 6.07) is 2.02. The molecule has 5 rings (SSSR count). The van der Waals surface area contributed by atoms with Gasteiger partial charge in [0.25, 0.3) is 0 Å². The van der Waals surface area contributed by atoms with Crippen molar-refractivity contribution >= 4 is 28.1 Å². The highest BCUT2D eigenvalue weighted by Crippen LogP contribution is 2.48. The average molecular weight is 375 g/mol. The highest BCUT2D eigenvalue weighted by Gasteiger charge is 2.51. The van der Waals surface area contributed by atoms with Gasteiger partial charge in [-0.3, -0.25) is 14.9 Å². The number of pyridine rings is 2. The number of anilines is 1. The molecule has 0 bridgehead atoms. The second-order valence-electron chi connectivity index (χ2n) is 7.57. The van der Waals surface area contributed by atoms with Crippen molar-refractivity contribution in [3.8, 4) is 0 Å². The second-order valence-corrected chi connectivity index (χ2v) is 7.57. The molecule has 3 aromatic heterocycles. The van der Waals surface area contributed by atoms with Crippen LogP contribution < -0.4 is 11.1 Å². The van der Waals surface area contributed by atoms with Gasteiger partial charge in [0.1, 0.15) is 18.0 Å². The first-order valence-corrected chi connectivity index (χ1v) is 9.44. The Balaban J connectivity index is 1.60. The van der Waals surface area contributed by atoms with Crippen LogP contribution in [0.3, 0.4) is 0 Å². The van der Waals surface area contributed by atoms with Gasteiger partial charge in [-0.05, 0) is 42.7 Å². The maximum Gasteiger partial charge on any atom is 0.229 e. The zero-order valence-corrected chi connectivity index (χ0v) is 15.6. The van der Waals surface area contributed by atoms with Crippen molar-refractivity contribution < 1.29 is 4.79 Å². The van der Waals surface area contributed by atoms with E-state index >= 15 is 0 Å². The van der Waals surface area contributed by atoms with Gasteiger partial charge in [0.05, 0.1) is 11.1 Å². The summed E-state index contributed by atoms with van der Waals surface area (Å²) in [7, 11) is 1.84. The fraction of sp³-hybridized carbons (Fsp3) is 0.350. The number of aromatic nitrogens is 5. The topological polar surface area (TPSA) is 122 Å². The molecule has 1 saturated carbocycles. The number of carbonyl (C=O) groups is 1. The molecule has 0 saturated heterocycles. The predicted octanol–water partition coefficient (Wildman–Crippen LogP) is 2.27. The number of nitrogens with one attached hydrogen (secondary N) is 2. The van der Waals surface area contributed by atoms with E-state index in [-0.39, 0.29) is 5.91 Å². The molecule has 4 N–H and O–H groups in total. The van der Waals surface area contributed by atoms with E-state index in [0.29, 0.717) is 5.92 Å². The molecule has 1 fully saturated rings. The highest BCUT2D eigenvalue weighted by molar-refractivity contribution is 6.00. The lowest BCUT2D eigenvalue weighted by molar-refractivity contribution is -0.120. The first-order chi connectivity index (χ1) is 13.6. The van der Waals surface area contributed by atoms with Crippen LogP contribution >= 0.6 is 0 Å². The van der Waals surface area contributed by atoms with Gasteiger partial charge in [-0.1, -0.05) is 6.08 Å². The number of primary amides is 1. The number of aromatic amines is 1. The van der Waals surface area contributed by atoms with Crippen LogP contribution in [0.1, 0.15) is 48.7 Å². The molecule has 0 radical (unpaired) electrons. The maximum absolute atomic E-state index is 12.0. The molecule has 0 spiro atoms. The fourth-order valence-electron chi connectivity index (χ4n) is 4.16.